The van der Waals surface area contributed by atoms with Crippen molar-refractivity contribution in [2.75, 3.05) is 13.1 Å². The van der Waals surface area contributed by atoms with Crippen LogP contribution >= 0.6 is 11.6 Å². The minimum Gasteiger partial charge on any atom is -0.439 e. The summed E-state index contributed by atoms with van der Waals surface area (Å²) in [5, 5.41) is 15.5. The number of benzene rings is 2. The molecule has 0 aliphatic heterocycles. The van der Waals surface area contributed by atoms with Crippen LogP contribution in [0.3, 0.4) is 0 Å². The van der Waals surface area contributed by atoms with Crippen LogP contribution < -0.4 is 4.74 Å². The summed E-state index contributed by atoms with van der Waals surface area (Å²) < 4.78 is 8.17. The van der Waals surface area contributed by atoms with Crippen LogP contribution in [0.1, 0.15) is 31.0 Å². The average molecular weight is 426 g/mol. The van der Waals surface area contributed by atoms with Crippen LogP contribution in [0, 0.1) is 12.8 Å². The molecule has 1 N–H and O–H groups in total. The molecule has 5 nitrogen and oxygen atoms in total. The highest BCUT2D eigenvalue weighted by atomic mass is 35.5. The van der Waals surface area contributed by atoms with Gasteiger partial charge in [0, 0.05) is 24.7 Å². The van der Waals surface area contributed by atoms with Crippen LogP contribution in [0.2, 0.25) is 5.02 Å². The summed E-state index contributed by atoms with van der Waals surface area (Å²) in [7, 11) is 0. The Hall–Kier alpha value is -2.34. The second-order valence-electron chi connectivity index (χ2n) is 8.16. The van der Waals surface area contributed by atoms with Gasteiger partial charge in [-0.15, -0.1) is 0 Å². The number of hydrogen-bond donors (Lipinski definition) is 1. The van der Waals surface area contributed by atoms with Gasteiger partial charge in [-0.25, -0.2) is 4.68 Å². The van der Waals surface area contributed by atoms with Crippen LogP contribution in [0.5, 0.6) is 11.6 Å². The number of hydrogen-bond acceptors (Lipinski definition) is 4. The van der Waals surface area contributed by atoms with Gasteiger partial charge in [0.15, 0.2) is 0 Å². The van der Waals surface area contributed by atoms with Crippen molar-refractivity contribution in [3.8, 4) is 17.3 Å². The van der Waals surface area contributed by atoms with Crippen molar-refractivity contribution in [1.82, 2.24) is 14.7 Å². The molecule has 1 saturated carbocycles. The van der Waals surface area contributed by atoms with Gasteiger partial charge in [-0.2, -0.15) is 5.10 Å². The zero-order valence-corrected chi connectivity index (χ0v) is 18.2. The molecule has 0 bridgehead atoms. The molecule has 158 valence electrons. The lowest BCUT2D eigenvalue weighted by Gasteiger charge is -2.24. The predicted octanol–water partition coefficient (Wildman–Crippen LogP) is 5.22. The first-order chi connectivity index (χ1) is 14.5. The largest absolute Gasteiger partial charge is 0.439 e. The van der Waals surface area contributed by atoms with Crippen LogP contribution in [0.4, 0.5) is 0 Å². The van der Waals surface area contributed by atoms with Crippen molar-refractivity contribution in [2.45, 2.75) is 39.3 Å². The summed E-state index contributed by atoms with van der Waals surface area (Å²) in [5.74, 6) is 2.17. The molecule has 1 aliphatic carbocycles. The van der Waals surface area contributed by atoms with Crippen molar-refractivity contribution >= 4 is 11.6 Å². The second kappa shape index (κ2) is 9.21. The van der Waals surface area contributed by atoms with E-state index in [2.05, 4.69) is 4.90 Å². The first-order valence-electron chi connectivity index (χ1n) is 10.5. The fraction of sp³-hybridized carbons (Fsp3) is 0.375. The third kappa shape index (κ3) is 5.22. The minimum atomic E-state index is -0.384. The van der Waals surface area contributed by atoms with E-state index in [1.165, 1.54) is 12.8 Å². The Morgan fingerprint density at radius 3 is 2.63 bits per heavy atom. The molecule has 4 rings (SSSR count). The van der Waals surface area contributed by atoms with Gasteiger partial charge in [-0.1, -0.05) is 35.9 Å². The standard InChI is InChI=1S/C24H28ClN3O2/c1-17(29)14-27(15-19-11-12-19)16-23-18(2)26-28(21-8-6-7-20(25)13-21)24(23)30-22-9-4-3-5-10-22/h3-10,13,17,19,29H,11-12,14-16H2,1-2H3/t17-/m0/s1. The van der Waals surface area contributed by atoms with Gasteiger partial charge in [-0.05, 0) is 62.9 Å². The number of rotatable bonds is 9. The average Bonchev–Trinajstić information content (AvgIpc) is 3.47. The molecular weight excluding hydrogens is 398 g/mol. The lowest BCUT2D eigenvalue weighted by atomic mass is 10.2. The van der Waals surface area contributed by atoms with Crippen LogP contribution in [0.15, 0.2) is 54.6 Å². The van der Waals surface area contributed by atoms with E-state index in [4.69, 9.17) is 21.4 Å². The predicted molar refractivity (Wildman–Crippen MR) is 120 cm³/mol. The quantitative estimate of drug-likeness (QED) is 0.510. The SMILES string of the molecule is Cc1nn(-c2cccc(Cl)c2)c(Oc2ccccc2)c1CN(CC1CC1)C[C@H](C)O. The van der Waals surface area contributed by atoms with E-state index in [0.29, 0.717) is 24.0 Å². The van der Waals surface area contributed by atoms with E-state index in [0.717, 1.165) is 35.2 Å². The zero-order valence-electron chi connectivity index (χ0n) is 17.5. The first-order valence-corrected chi connectivity index (χ1v) is 10.8. The normalized spacial score (nSPS) is 14.8. The van der Waals surface area contributed by atoms with Crippen LogP contribution in [-0.2, 0) is 6.54 Å². The molecular formula is C24H28ClN3O2. The number of aliphatic hydroxyl groups is 1. The Morgan fingerprint density at radius 1 is 1.20 bits per heavy atom. The molecule has 0 saturated heterocycles. The van der Waals surface area contributed by atoms with Gasteiger partial charge in [0.05, 0.1) is 23.0 Å². The molecule has 1 aliphatic rings. The van der Waals surface area contributed by atoms with Gasteiger partial charge >= 0.3 is 0 Å². The maximum absolute atomic E-state index is 10.0. The Morgan fingerprint density at radius 2 is 1.97 bits per heavy atom. The van der Waals surface area contributed by atoms with Gasteiger partial charge in [0.2, 0.25) is 5.88 Å². The smallest absolute Gasteiger partial charge is 0.227 e. The summed E-state index contributed by atoms with van der Waals surface area (Å²) in [4.78, 5) is 2.31. The van der Waals surface area contributed by atoms with Gasteiger partial charge in [0.1, 0.15) is 5.75 Å². The number of ether oxygens (including phenoxy) is 1. The molecule has 6 heteroatoms. The summed E-state index contributed by atoms with van der Waals surface area (Å²) in [6, 6.07) is 17.4. The molecule has 0 amide bonds. The highest BCUT2D eigenvalue weighted by Crippen LogP contribution is 2.34. The highest BCUT2D eigenvalue weighted by molar-refractivity contribution is 6.30. The van der Waals surface area contributed by atoms with E-state index in [1.807, 2.05) is 73.1 Å². The van der Waals surface area contributed by atoms with E-state index in [1.54, 1.807) is 0 Å². The minimum absolute atomic E-state index is 0.384. The summed E-state index contributed by atoms with van der Waals surface area (Å²) >= 11 is 6.24. The number of nitrogens with zero attached hydrogens (tertiary/aromatic N) is 3. The van der Waals surface area contributed by atoms with Gasteiger partial charge in [0.25, 0.3) is 0 Å². The van der Waals surface area contributed by atoms with Crippen molar-refractivity contribution in [1.29, 1.82) is 0 Å². The number of halogens is 1. The van der Waals surface area contributed by atoms with E-state index < -0.39 is 0 Å². The molecule has 1 atom stereocenters. The third-order valence-electron chi connectivity index (χ3n) is 5.27. The first kappa shape index (κ1) is 20.9. The molecule has 30 heavy (non-hydrogen) atoms. The zero-order chi connectivity index (χ0) is 21.1. The van der Waals surface area contributed by atoms with Gasteiger partial charge < -0.3 is 9.84 Å². The van der Waals surface area contributed by atoms with Crippen molar-refractivity contribution in [3.63, 3.8) is 0 Å². The molecule has 1 aromatic heterocycles. The Balaban J connectivity index is 1.72. The number of para-hydroxylation sites is 1. The van der Waals surface area contributed by atoms with Crippen molar-refractivity contribution < 1.29 is 9.84 Å². The molecule has 0 unspecified atom stereocenters. The van der Waals surface area contributed by atoms with Crippen LogP contribution in [0.25, 0.3) is 5.69 Å². The van der Waals surface area contributed by atoms with Crippen LogP contribution in [-0.4, -0.2) is 39.0 Å². The molecule has 0 spiro atoms. The maximum Gasteiger partial charge on any atom is 0.227 e. The van der Waals surface area contributed by atoms with E-state index in [-0.39, 0.29) is 6.10 Å². The molecule has 3 aromatic rings. The molecule has 1 fully saturated rings. The molecule has 0 radical (unpaired) electrons. The van der Waals surface area contributed by atoms with Crippen molar-refractivity contribution in [2.24, 2.45) is 5.92 Å². The monoisotopic (exact) mass is 425 g/mol. The van der Waals surface area contributed by atoms with E-state index in [9.17, 15) is 5.11 Å². The van der Waals surface area contributed by atoms with E-state index >= 15 is 0 Å². The number of aliphatic hydroxyl groups excluding tert-OH is 1. The van der Waals surface area contributed by atoms with Gasteiger partial charge in [-0.3, -0.25) is 4.90 Å². The topological polar surface area (TPSA) is 50.5 Å². The third-order valence-corrected chi connectivity index (χ3v) is 5.50. The van der Waals surface area contributed by atoms with Crippen molar-refractivity contribution in [3.05, 3.63) is 70.9 Å². The summed E-state index contributed by atoms with van der Waals surface area (Å²) in [6.07, 6.45) is 2.15. The summed E-state index contributed by atoms with van der Waals surface area (Å²) in [6.45, 7) is 6.13. The maximum atomic E-state index is 10.0. The number of aryl methyl sites for hydroxylation is 1. The molecule has 2 aromatic carbocycles. The Labute approximate surface area is 182 Å². The summed E-state index contributed by atoms with van der Waals surface area (Å²) in [5.41, 5.74) is 2.79. The lowest BCUT2D eigenvalue weighted by molar-refractivity contribution is 0.118. The fourth-order valence-corrected chi connectivity index (χ4v) is 3.86. The fourth-order valence-electron chi connectivity index (χ4n) is 3.67. The lowest BCUT2D eigenvalue weighted by Crippen LogP contribution is -2.32. The second-order valence-corrected chi connectivity index (χ2v) is 8.60. The molecule has 1 heterocycles. The Bertz CT molecular complexity index is 979. The highest BCUT2D eigenvalue weighted by Gasteiger charge is 2.27. The number of aromatic nitrogens is 2. The Kier molecular flexibility index (Phi) is 6.42.